The molecule has 0 saturated heterocycles. The number of hydrogen-bond donors (Lipinski definition) is 2. The van der Waals surface area contributed by atoms with E-state index in [0.717, 1.165) is 0 Å². The van der Waals surface area contributed by atoms with E-state index in [0.29, 0.717) is 0 Å². The standard InChI is InChI=1S/C4H9BO2/c1-3(6)2-4(5)7/h3-4,6-7H,2H2,1H3. The van der Waals surface area contributed by atoms with Crippen LogP contribution in [-0.2, 0) is 0 Å². The molecule has 0 aromatic rings. The smallest absolute Gasteiger partial charge is 0.108 e. The summed E-state index contributed by atoms with van der Waals surface area (Å²) in [7, 11) is 4.89. The molecule has 3 heteroatoms. The van der Waals surface area contributed by atoms with Gasteiger partial charge in [0.1, 0.15) is 7.85 Å². The predicted molar refractivity (Wildman–Crippen MR) is 28.1 cm³/mol. The van der Waals surface area contributed by atoms with Crippen molar-refractivity contribution in [1.29, 1.82) is 0 Å². The van der Waals surface area contributed by atoms with E-state index < -0.39 is 12.1 Å². The molecule has 0 bridgehead atoms. The maximum absolute atomic E-state index is 8.48. The van der Waals surface area contributed by atoms with Gasteiger partial charge in [-0.25, -0.2) is 0 Å². The monoisotopic (exact) mass is 100 g/mol. The minimum atomic E-state index is -0.875. The van der Waals surface area contributed by atoms with Crippen LogP contribution in [0.25, 0.3) is 0 Å². The first-order chi connectivity index (χ1) is 3.13. The van der Waals surface area contributed by atoms with E-state index in [1.165, 1.54) is 0 Å². The van der Waals surface area contributed by atoms with Gasteiger partial charge in [0.25, 0.3) is 0 Å². The fraction of sp³-hybridized carbons (Fsp3) is 1.00. The summed E-state index contributed by atoms with van der Waals surface area (Å²) in [6.07, 6.45) is -0.250. The molecular formula is C4H9BO2. The lowest BCUT2D eigenvalue weighted by molar-refractivity contribution is 0.131. The van der Waals surface area contributed by atoms with E-state index >= 15 is 0 Å². The molecule has 0 heterocycles. The first-order valence-corrected chi connectivity index (χ1v) is 2.24. The summed E-state index contributed by atoms with van der Waals surface area (Å²) in [5.41, 5.74) is 0. The summed E-state index contributed by atoms with van der Waals surface area (Å²) in [5.74, 6) is 0. The average Bonchev–Trinajstić information content (AvgIpc) is 1.27. The van der Waals surface area contributed by atoms with Crippen LogP contribution < -0.4 is 0 Å². The molecule has 0 aliphatic carbocycles. The highest BCUT2D eigenvalue weighted by Crippen LogP contribution is 1.90. The third-order valence-electron chi connectivity index (χ3n) is 0.583. The second-order valence-electron chi connectivity index (χ2n) is 1.65. The largest absolute Gasteiger partial charge is 0.403 e. The van der Waals surface area contributed by atoms with Gasteiger partial charge in [-0.2, -0.15) is 0 Å². The van der Waals surface area contributed by atoms with Gasteiger partial charge >= 0.3 is 0 Å². The third kappa shape index (κ3) is 5.98. The summed E-state index contributed by atoms with van der Waals surface area (Å²) < 4.78 is 0. The van der Waals surface area contributed by atoms with Crippen molar-refractivity contribution >= 4 is 7.85 Å². The van der Waals surface area contributed by atoms with Crippen LogP contribution in [0.3, 0.4) is 0 Å². The minimum absolute atomic E-state index is 0.250. The molecule has 0 amide bonds. The van der Waals surface area contributed by atoms with Crippen molar-refractivity contribution in [3.8, 4) is 0 Å². The topological polar surface area (TPSA) is 40.5 Å². The van der Waals surface area contributed by atoms with Crippen LogP contribution in [0.4, 0.5) is 0 Å². The van der Waals surface area contributed by atoms with Crippen LogP contribution in [0.2, 0.25) is 0 Å². The van der Waals surface area contributed by atoms with Crippen molar-refractivity contribution in [3.05, 3.63) is 0 Å². The lowest BCUT2D eigenvalue weighted by Crippen LogP contribution is -2.13. The van der Waals surface area contributed by atoms with E-state index in [1.807, 2.05) is 0 Å². The SMILES string of the molecule is [B]C(O)CC(C)O. The van der Waals surface area contributed by atoms with Crippen molar-refractivity contribution in [2.75, 3.05) is 0 Å². The van der Waals surface area contributed by atoms with Gasteiger partial charge in [0.15, 0.2) is 0 Å². The molecule has 2 unspecified atom stereocenters. The van der Waals surface area contributed by atoms with Gasteiger partial charge in [-0.05, 0) is 13.3 Å². The van der Waals surface area contributed by atoms with Gasteiger partial charge in [0.2, 0.25) is 0 Å². The molecule has 2 nitrogen and oxygen atoms in total. The van der Waals surface area contributed by atoms with E-state index in [9.17, 15) is 0 Å². The summed E-state index contributed by atoms with van der Waals surface area (Å²) in [6, 6.07) is -0.875. The fourth-order valence-electron chi connectivity index (χ4n) is 0.349. The lowest BCUT2D eigenvalue weighted by Gasteiger charge is -2.04. The van der Waals surface area contributed by atoms with Crippen molar-refractivity contribution < 1.29 is 10.2 Å². The molecule has 0 saturated carbocycles. The number of aliphatic hydroxyl groups is 2. The molecule has 7 heavy (non-hydrogen) atoms. The highest BCUT2D eigenvalue weighted by molar-refractivity contribution is 6.10. The molecule has 2 N–H and O–H groups in total. The van der Waals surface area contributed by atoms with Crippen LogP contribution in [-0.4, -0.2) is 30.2 Å². The Bertz CT molecular complexity index is 39.0. The van der Waals surface area contributed by atoms with Crippen LogP contribution in [0, 0.1) is 0 Å². The molecule has 0 aromatic carbocycles. The van der Waals surface area contributed by atoms with Crippen molar-refractivity contribution in [3.63, 3.8) is 0 Å². The fourth-order valence-corrected chi connectivity index (χ4v) is 0.349. The van der Waals surface area contributed by atoms with Crippen molar-refractivity contribution in [2.24, 2.45) is 0 Å². The quantitative estimate of drug-likeness (QED) is 0.448. The molecule has 0 spiro atoms. The highest BCUT2D eigenvalue weighted by Gasteiger charge is 1.98. The Labute approximate surface area is 44.6 Å². The Hall–Kier alpha value is -0.0151. The first-order valence-electron chi connectivity index (χ1n) is 2.24. The first kappa shape index (κ1) is 6.98. The summed E-state index contributed by atoms with van der Waals surface area (Å²) in [6.45, 7) is 1.58. The zero-order valence-electron chi connectivity index (χ0n) is 4.33. The average molecular weight is 99.9 g/mol. The third-order valence-corrected chi connectivity index (χ3v) is 0.583. The second-order valence-corrected chi connectivity index (χ2v) is 1.65. The molecule has 40 valence electrons. The number of hydrogen-bond acceptors (Lipinski definition) is 2. The second kappa shape index (κ2) is 3.05. The van der Waals surface area contributed by atoms with E-state index in [1.54, 1.807) is 6.92 Å². The Balaban J connectivity index is 2.95. The van der Waals surface area contributed by atoms with Gasteiger partial charge < -0.3 is 10.2 Å². The zero-order valence-corrected chi connectivity index (χ0v) is 4.33. The molecule has 0 aromatic heterocycles. The Morgan fingerprint density at radius 1 is 1.57 bits per heavy atom. The molecule has 0 aliphatic rings. The Morgan fingerprint density at radius 3 is 2.00 bits per heavy atom. The van der Waals surface area contributed by atoms with Gasteiger partial charge in [0, 0.05) is 6.00 Å². The maximum Gasteiger partial charge on any atom is 0.108 e. The normalized spacial score (nSPS) is 18.7. The molecule has 2 radical (unpaired) electrons. The van der Waals surface area contributed by atoms with Gasteiger partial charge in [-0.15, -0.1) is 0 Å². The molecule has 0 aliphatic heterocycles. The summed E-state index contributed by atoms with van der Waals surface area (Å²) in [4.78, 5) is 0. The van der Waals surface area contributed by atoms with Crippen LogP contribution >= 0.6 is 0 Å². The lowest BCUT2D eigenvalue weighted by atomic mass is 9.95. The molecule has 0 rings (SSSR count). The number of rotatable bonds is 2. The van der Waals surface area contributed by atoms with Gasteiger partial charge in [-0.3, -0.25) is 0 Å². The maximum atomic E-state index is 8.48. The van der Waals surface area contributed by atoms with E-state index in [-0.39, 0.29) is 6.42 Å². The van der Waals surface area contributed by atoms with E-state index in [4.69, 9.17) is 18.1 Å². The summed E-state index contributed by atoms with van der Waals surface area (Å²) in [5, 5.41) is 16.8. The Morgan fingerprint density at radius 2 is 2.00 bits per heavy atom. The minimum Gasteiger partial charge on any atom is -0.403 e. The van der Waals surface area contributed by atoms with Crippen LogP contribution in [0.15, 0.2) is 0 Å². The Kier molecular flexibility index (Phi) is 3.04. The molecule has 2 atom stereocenters. The van der Waals surface area contributed by atoms with Gasteiger partial charge in [0.05, 0.1) is 6.10 Å². The zero-order chi connectivity index (χ0) is 5.86. The number of aliphatic hydroxyl groups excluding tert-OH is 2. The van der Waals surface area contributed by atoms with Gasteiger partial charge in [-0.1, -0.05) is 0 Å². The van der Waals surface area contributed by atoms with Crippen LogP contribution in [0.1, 0.15) is 13.3 Å². The molecular weight excluding hydrogens is 90.9 g/mol. The van der Waals surface area contributed by atoms with E-state index in [2.05, 4.69) is 0 Å². The van der Waals surface area contributed by atoms with Crippen molar-refractivity contribution in [2.45, 2.75) is 25.5 Å². The van der Waals surface area contributed by atoms with Crippen molar-refractivity contribution in [1.82, 2.24) is 0 Å². The summed E-state index contributed by atoms with van der Waals surface area (Å²) >= 11 is 0. The predicted octanol–water partition coefficient (Wildman–Crippen LogP) is -0.756. The molecule has 0 fully saturated rings. The van der Waals surface area contributed by atoms with Crippen LogP contribution in [0.5, 0.6) is 0 Å². The highest BCUT2D eigenvalue weighted by atomic mass is 16.3.